The zero-order chi connectivity index (χ0) is 19.3. The van der Waals surface area contributed by atoms with Crippen LogP contribution in [0.4, 0.5) is 0 Å². The van der Waals surface area contributed by atoms with Crippen LogP contribution in [0.2, 0.25) is 5.02 Å². The molecule has 0 saturated carbocycles. The third kappa shape index (κ3) is 5.57. The van der Waals surface area contributed by atoms with E-state index < -0.39 is 23.8 Å². The fourth-order valence-corrected chi connectivity index (χ4v) is 2.83. The number of hydrogen-bond donors (Lipinski definition) is 2. The highest BCUT2D eigenvalue weighted by Gasteiger charge is 2.21. The maximum absolute atomic E-state index is 12.4. The van der Waals surface area contributed by atoms with E-state index in [1.807, 2.05) is 0 Å². The fraction of sp³-hybridized carbons (Fsp3) is 0.167. The minimum absolute atomic E-state index is 0.188. The third-order valence-corrected chi connectivity index (χ3v) is 4.47. The second kappa shape index (κ2) is 8.82. The van der Waals surface area contributed by atoms with Gasteiger partial charge >= 0.3 is 5.97 Å². The molecule has 26 heavy (non-hydrogen) atoms. The number of nitrogens with two attached hydrogens (primary N) is 1. The Balaban J connectivity index is 2.11. The van der Waals surface area contributed by atoms with Gasteiger partial charge in [0.2, 0.25) is 5.91 Å². The molecule has 136 valence electrons. The molecule has 0 radical (unpaired) electrons. The smallest absolute Gasteiger partial charge is 0.308 e. The van der Waals surface area contributed by atoms with Gasteiger partial charge in [-0.3, -0.25) is 14.4 Å². The molecule has 1 atom stereocenters. The molecular weight excluding hydrogens is 424 g/mol. The zero-order valence-electron chi connectivity index (χ0n) is 13.8. The summed E-state index contributed by atoms with van der Waals surface area (Å²) in [5, 5.41) is 3.12. The summed E-state index contributed by atoms with van der Waals surface area (Å²) in [5.74, 6) is -1.27. The van der Waals surface area contributed by atoms with Crippen LogP contribution in [0.3, 0.4) is 0 Å². The van der Waals surface area contributed by atoms with E-state index in [9.17, 15) is 14.4 Å². The lowest BCUT2D eigenvalue weighted by Gasteiger charge is -2.17. The van der Waals surface area contributed by atoms with E-state index in [2.05, 4.69) is 21.2 Å². The van der Waals surface area contributed by atoms with Crippen LogP contribution in [0.5, 0.6) is 5.75 Å². The molecule has 2 aromatic carbocycles. The lowest BCUT2D eigenvalue weighted by atomic mass is 10.0. The number of hydrogen-bond acceptors (Lipinski definition) is 4. The number of rotatable bonds is 6. The first kappa shape index (κ1) is 19.9. The van der Waals surface area contributed by atoms with Crippen molar-refractivity contribution in [1.29, 1.82) is 0 Å². The number of amides is 2. The lowest BCUT2D eigenvalue weighted by molar-refractivity contribution is -0.131. The SMILES string of the molecule is CC(=O)Oc1ccc(C(=O)N[C@H](Cc2cc(Cl)ccc2Br)C(N)=O)cc1. The zero-order valence-corrected chi connectivity index (χ0v) is 16.1. The normalized spacial score (nSPS) is 11.5. The fourth-order valence-electron chi connectivity index (χ4n) is 2.22. The molecule has 0 aliphatic heterocycles. The molecule has 0 aromatic heterocycles. The first-order valence-corrected chi connectivity index (χ1v) is 8.76. The van der Waals surface area contributed by atoms with Crippen molar-refractivity contribution in [3.8, 4) is 5.75 Å². The van der Waals surface area contributed by atoms with Gasteiger partial charge in [0, 0.05) is 28.4 Å². The van der Waals surface area contributed by atoms with Crippen molar-refractivity contribution in [2.24, 2.45) is 5.73 Å². The van der Waals surface area contributed by atoms with Crippen LogP contribution < -0.4 is 15.8 Å². The molecule has 0 aliphatic carbocycles. The van der Waals surface area contributed by atoms with Gasteiger partial charge in [0.1, 0.15) is 11.8 Å². The molecule has 0 heterocycles. The molecule has 6 nitrogen and oxygen atoms in total. The molecule has 0 fully saturated rings. The first-order chi connectivity index (χ1) is 12.3. The van der Waals surface area contributed by atoms with Crippen molar-refractivity contribution in [2.45, 2.75) is 19.4 Å². The van der Waals surface area contributed by atoms with Gasteiger partial charge in [-0.05, 0) is 48.0 Å². The number of benzene rings is 2. The van der Waals surface area contributed by atoms with Gasteiger partial charge in [-0.25, -0.2) is 0 Å². The Bertz CT molecular complexity index is 840. The van der Waals surface area contributed by atoms with Gasteiger partial charge in [0.25, 0.3) is 5.91 Å². The summed E-state index contributed by atoms with van der Waals surface area (Å²) in [7, 11) is 0. The van der Waals surface area contributed by atoms with Crippen molar-refractivity contribution in [3.05, 3.63) is 63.1 Å². The minimum atomic E-state index is -0.912. The number of halogens is 2. The minimum Gasteiger partial charge on any atom is -0.427 e. The average molecular weight is 440 g/mol. The van der Waals surface area contributed by atoms with E-state index in [4.69, 9.17) is 22.1 Å². The predicted octanol–water partition coefficient (Wildman–Crippen LogP) is 2.85. The van der Waals surface area contributed by atoms with E-state index in [1.165, 1.54) is 31.2 Å². The van der Waals surface area contributed by atoms with Crippen molar-refractivity contribution in [2.75, 3.05) is 0 Å². The molecule has 0 saturated heterocycles. The highest BCUT2D eigenvalue weighted by atomic mass is 79.9. The molecule has 0 aliphatic rings. The van der Waals surface area contributed by atoms with Crippen molar-refractivity contribution in [1.82, 2.24) is 5.32 Å². The maximum Gasteiger partial charge on any atom is 0.308 e. The molecule has 0 unspecified atom stereocenters. The van der Waals surface area contributed by atoms with E-state index in [0.29, 0.717) is 16.3 Å². The average Bonchev–Trinajstić information content (AvgIpc) is 2.57. The number of primary amides is 1. The van der Waals surface area contributed by atoms with Gasteiger partial charge in [-0.2, -0.15) is 0 Å². The highest BCUT2D eigenvalue weighted by molar-refractivity contribution is 9.10. The Morgan fingerprint density at radius 2 is 1.85 bits per heavy atom. The van der Waals surface area contributed by atoms with Crippen LogP contribution in [-0.4, -0.2) is 23.8 Å². The molecule has 8 heteroatoms. The lowest BCUT2D eigenvalue weighted by Crippen LogP contribution is -2.45. The van der Waals surface area contributed by atoms with E-state index in [-0.39, 0.29) is 6.42 Å². The van der Waals surface area contributed by atoms with Gasteiger partial charge in [-0.15, -0.1) is 0 Å². The molecule has 0 spiro atoms. The van der Waals surface area contributed by atoms with E-state index in [0.717, 1.165) is 10.0 Å². The summed E-state index contributed by atoms with van der Waals surface area (Å²) in [6.45, 7) is 1.28. The van der Waals surface area contributed by atoms with E-state index >= 15 is 0 Å². The van der Waals surface area contributed by atoms with Crippen LogP contribution >= 0.6 is 27.5 Å². The largest absolute Gasteiger partial charge is 0.427 e. The third-order valence-electron chi connectivity index (χ3n) is 3.46. The molecular formula is C18H16BrClN2O4. The molecule has 0 bridgehead atoms. The number of nitrogens with one attached hydrogen (secondary N) is 1. The maximum atomic E-state index is 12.4. The highest BCUT2D eigenvalue weighted by Crippen LogP contribution is 2.22. The summed E-state index contributed by atoms with van der Waals surface area (Å²) < 4.78 is 5.67. The summed E-state index contributed by atoms with van der Waals surface area (Å²) in [6, 6.07) is 10.2. The predicted molar refractivity (Wildman–Crippen MR) is 101 cm³/mol. The Morgan fingerprint density at radius 1 is 1.19 bits per heavy atom. The number of esters is 1. The summed E-state index contributed by atoms with van der Waals surface area (Å²) in [5.41, 5.74) is 6.46. The molecule has 2 aromatic rings. The summed E-state index contributed by atoms with van der Waals surface area (Å²) in [4.78, 5) is 35.0. The first-order valence-electron chi connectivity index (χ1n) is 7.59. The topological polar surface area (TPSA) is 98.5 Å². The van der Waals surface area contributed by atoms with Crippen LogP contribution in [0.15, 0.2) is 46.9 Å². The van der Waals surface area contributed by atoms with Crippen molar-refractivity contribution < 1.29 is 19.1 Å². The Kier molecular flexibility index (Phi) is 6.76. The van der Waals surface area contributed by atoms with Crippen LogP contribution in [0, 0.1) is 0 Å². The summed E-state index contributed by atoms with van der Waals surface area (Å²) >= 11 is 9.35. The molecule has 3 N–H and O–H groups in total. The number of carbonyl (C=O) groups excluding carboxylic acids is 3. The van der Waals surface area contributed by atoms with Gasteiger partial charge in [0.15, 0.2) is 0 Å². The standard InChI is InChI=1S/C18H16BrClN2O4/c1-10(23)26-14-5-2-11(3-6-14)18(25)22-16(17(21)24)9-12-8-13(20)4-7-15(12)19/h2-8,16H,9H2,1H3,(H2,21,24)(H,22,25)/t16-/m1/s1. The van der Waals surface area contributed by atoms with E-state index in [1.54, 1.807) is 18.2 Å². The Hall–Kier alpha value is -2.38. The quantitative estimate of drug-likeness (QED) is 0.534. The number of carbonyl (C=O) groups is 3. The molecule has 2 amide bonds. The Labute approximate surface area is 163 Å². The monoisotopic (exact) mass is 438 g/mol. The second-order valence-electron chi connectivity index (χ2n) is 5.49. The van der Waals surface area contributed by atoms with Crippen LogP contribution in [0.1, 0.15) is 22.8 Å². The van der Waals surface area contributed by atoms with Crippen molar-refractivity contribution in [3.63, 3.8) is 0 Å². The van der Waals surface area contributed by atoms with Crippen LogP contribution in [0.25, 0.3) is 0 Å². The Morgan fingerprint density at radius 3 is 2.42 bits per heavy atom. The number of ether oxygens (including phenoxy) is 1. The van der Waals surface area contributed by atoms with Gasteiger partial charge < -0.3 is 15.8 Å². The van der Waals surface area contributed by atoms with Crippen LogP contribution in [-0.2, 0) is 16.0 Å². The molecule has 2 rings (SSSR count). The van der Waals surface area contributed by atoms with Gasteiger partial charge in [-0.1, -0.05) is 27.5 Å². The summed E-state index contributed by atoms with van der Waals surface area (Å²) in [6.07, 6.45) is 0.188. The van der Waals surface area contributed by atoms with Gasteiger partial charge in [0.05, 0.1) is 0 Å². The second-order valence-corrected chi connectivity index (χ2v) is 6.78. The van der Waals surface area contributed by atoms with Crippen molar-refractivity contribution >= 4 is 45.3 Å².